The van der Waals surface area contributed by atoms with E-state index in [4.69, 9.17) is 25.7 Å². The van der Waals surface area contributed by atoms with Gasteiger partial charge in [0.25, 0.3) is 0 Å². The normalized spacial score (nSPS) is 13.7. The molecule has 4 N–H and O–H groups in total. The highest BCUT2D eigenvalue weighted by molar-refractivity contribution is 6.04. The van der Waals surface area contributed by atoms with Crippen LogP contribution >= 0.6 is 0 Å². The van der Waals surface area contributed by atoms with E-state index < -0.39 is 0 Å². The molecule has 0 radical (unpaired) electrons. The topological polar surface area (TPSA) is 97.9 Å². The van der Waals surface area contributed by atoms with Gasteiger partial charge in [-0.05, 0) is 112 Å². The number of rotatable bonds is 9. The zero-order valence-electron chi connectivity index (χ0n) is 23.1. The number of benzene rings is 2. The van der Waals surface area contributed by atoms with Crippen molar-refractivity contribution in [3.8, 4) is 5.75 Å². The third kappa shape index (κ3) is 9.01. The maximum atomic E-state index is 7.82. The summed E-state index contributed by atoms with van der Waals surface area (Å²) in [6.45, 7) is 13.7. The fraction of sp³-hybridized carbons (Fsp3) is 0.467. The van der Waals surface area contributed by atoms with Crippen LogP contribution in [0.4, 0.5) is 0 Å². The lowest BCUT2D eigenvalue weighted by Gasteiger charge is -2.17. The van der Waals surface area contributed by atoms with Crippen molar-refractivity contribution < 1.29 is 15.3 Å². The molecule has 2 aromatic carbocycles. The Labute approximate surface area is 217 Å². The van der Waals surface area contributed by atoms with E-state index in [2.05, 4.69) is 57.3 Å². The number of aryl methyl sites for hydroxylation is 1. The van der Waals surface area contributed by atoms with E-state index in [0.717, 1.165) is 35.6 Å². The molecule has 0 bridgehead atoms. The van der Waals surface area contributed by atoms with Gasteiger partial charge in [0.2, 0.25) is 0 Å². The molecule has 0 amide bonds. The molecule has 0 saturated heterocycles. The van der Waals surface area contributed by atoms with E-state index in [1.807, 2.05) is 39.2 Å². The highest BCUT2D eigenvalue weighted by Gasteiger charge is 2.16. The monoisotopic (exact) mass is 495 g/mol. The quantitative estimate of drug-likeness (QED) is 0.169. The van der Waals surface area contributed by atoms with Crippen LogP contribution in [0.1, 0.15) is 82.2 Å². The molecule has 1 unspecified atom stereocenters. The Kier molecular flexibility index (Phi) is 14.6. The molecule has 198 valence electrons. The van der Waals surface area contributed by atoms with Crippen molar-refractivity contribution in [3.63, 3.8) is 0 Å². The first-order valence-corrected chi connectivity index (χ1v) is 12.9. The fourth-order valence-corrected chi connectivity index (χ4v) is 4.09. The Hall–Kier alpha value is -2.80. The van der Waals surface area contributed by atoms with E-state index in [0.29, 0.717) is 5.92 Å². The average molecular weight is 496 g/mol. The van der Waals surface area contributed by atoms with Gasteiger partial charge in [-0.15, -0.1) is 0 Å². The molecular formula is C30H45N3O3. The molecule has 0 fully saturated rings. The third-order valence-electron chi connectivity index (χ3n) is 6.22. The van der Waals surface area contributed by atoms with Crippen molar-refractivity contribution in [2.45, 2.75) is 73.3 Å². The van der Waals surface area contributed by atoms with Crippen molar-refractivity contribution in [1.82, 2.24) is 5.32 Å². The van der Waals surface area contributed by atoms with Crippen molar-refractivity contribution in [3.05, 3.63) is 70.4 Å². The number of nitrogens with zero attached hydrogens (tertiary/aromatic N) is 1. The second-order valence-corrected chi connectivity index (χ2v) is 9.20. The molecule has 0 spiro atoms. The predicted octanol–water partition coefficient (Wildman–Crippen LogP) is 7.10. The summed E-state index contributed by atoms with van der Waals surface area (Å²) in [7, 11) is 1.93. The molecule has 36 heavy (non-hydrogen) atoms. The van der Waals surface area contributed by atoms with Crippen LogP contribution in [0.25, 0.3) is 5.57 Å². The number of hydrogen-bond acceptors (Lipinski definition) is 6. The van der Waals surface area contributed by atoms with Gasteiger partial charge in [-0.1, -0.05) is 39.0 Å². The number of nitrogens with one attached hydrogen (secondary N) is 2. The first-order chi connectivity index (χ1) is 17.4. The molecular weight excluding hydrogens is 450 g/mol. The van der Waals surface area contributed by atoms with Crippen molar-refractivity contribution in [2.24, 2.45) is 10.9 Å². The largest absolute Gasteiger partial charge is 0.490 e. The lowest BCUT2D eigenvalue weighted by Crippen LogP contribution is -2.13. The van der Waals surface area contributed by atoms with Crippen LogP contribution in [0.3, 0.4) is 0 Å². The molecule has 3 rings (SSSR count). The second-order valence-electron chi connectivity index (χ2n) is 9.20. The molecule has 1 aliphatic rings. The summed E-state index contributed by atoms with van der Waals surface area (Å²) in [5.41, 5.74) is 8.43. The van der Waals surface area contributed by atoms with Gasteiger partial charge < -0.3 is 15.5 Å². The van der Waals surface area contributed by atoms with Crippen LogP contribution < -0.4 is 10.1 Å². The number of hydrogen-bond donors (Lipinski definition) is 4. The summed E-state index contributed by atoms with van der Waals surface area (Å²) < 4.78 is 5.85. The first kappa shape index (κ1) is 31.2. The lowest BCUT2D eigenvalue weighted by atomic mass is 9.94. The van der Waals surface area contributed by atoms with Gasteiger partial charge >= 0.3 is 0 Å². The minimum Gasteiger partial charge on any atom is -0.490 e. The van der Waals surface area contributed by atoms with E-state index in [1.165, 1.54) is 47.7 Å². The van der Waals surface area contributed by atoms with E-state index in [9.17, 15) is 0 Å². The summed E-state index contributed by atoms with van der Waals surface area (Å²) in [5.74, 6) is 1.07. The number of aliphatic imine (C=N–C) groups is 1. The van der Waals surface area contributed by atoms with Gasteiger partial charge in [-0.2, -0.15) is 0 Å². The lowest BCUT2D eigenvalue weighted by molar-refractivity contribution is -0.176. The van der Waals surface area contributed by atoms with Crippen LogP contribution in [0.2, 0.25) is 0 Å². The molecule has 0 aliphatic heterocycles. The Bertz CT molecular complexity index is 1010. The predicted molar refractivity (Wildman–Crippen MR) is 153 cm³/mol. The van der Waals surface area contributed by atoms with Crippen molar-refractivity contribution >= 4 is 17.5 Å². The second kappa shape index (κ2) is 16.8. The van der Waals surface area contributed by atoms with E-state index >= 15 is 0 Å². The zero-order chi connectivity index (χ0) is 27.1. The summed E-state index contributed by atoms with van der Waals surface area (Å²) >= 11 is 0. The number of fused-ring (bicyclic) bond motifs is 1. The highest BCUT2D eigenvalue weighted by atomic mass is 17.0. The van der Waals surface area contributed by atoms with Crippen LogP contribution in [-0.4, -0.2) is 42.1 Å². The molecule has 0 saturated carbocycles. The summed E-state index contributed by atoms with van der Waals surface area (Å²) in [4.78, 5) is 4.97. The summed E-state index contributed by atoms with van der Waals surface area (Å²) in [6.07, 6.45) is 8.08. The van der Waals surface area contributed by atoms with Crippen molar-refractivity contribution in [1.29, 1.82) is 5.41 Å². The van der Waals surface area contributed by atoms with E-state index in [-0.39, 0.29) is 6.10 Å². The van der Waals surface area contributed by atoms with E-state index in [1.54, 1.807) is 0 Å². The standard InChI is InChI=1S/C27H34N2O.C3H9N.H2O2/c1-6-19(4)27(22-13-14-26(30-18(2)3)23(15-22)16-28)29-17-20(5)24-11-7-9-21-10-8-12-25(21)24;1-3-4-2;1-2/h7,9,11,13-19,28H,6,8,10,12H2,1-5H3;4H,3H2,1-2H3;1-2H/b20-17+,28-16?,29-27?;;. The van der Waals surface area contributed by atoms with Gasteiger partial charge in [0.1, 0.15) is 5.75 Å². The van der Waals surface area contributed by atoms with Crippen LogP contribution in [0, 0.1) is 11.3 Å². The van der Waals surface area contributed by atoms with Gasteiger partial charge in [0, 0.05) is 18.0 Å². The minimum atomic E-state index is 0.0791. The van der Waals surface area contributed by atoms with Crippen molar-refractivity contribution in [2.75, 3.05) is 13.6 Å². The molecule has 1 aliphatic carbocycles. The molecule has 2 aromatic rings. The maximum Gasteiger partial charge on any atom is 0.128 e. The van der Waals surface area contributed by atoms with Crippen LogP contribution in [-0.2, 0) is 12.8 Å². The fourth-order valence-electron chi connectivity index (χ4n) is 4.09. The van der Waals surface area contributed by atoms with Gasteiger partial charge in [-0.25, -0.2) is 0 Å². The average Bonchev–Trinajstić information content (AvgIpc) is 3.39. The Balaban J connectivity index is 0.000000982. The van der Waals surface area contributed by atoms with Crippen LogP contribution in [0.15, 0.2) is 47.6 Å². The number of ether oxygens (including phenoxy) is 1. The Morgan fingerprint density at radius 1 is 1.14 bits per heavy atom. The highest BCUT2D eigenvalue weighted by Crippen LogP contribution is 2.30. The SMILES string of the molecule is CCC(C)C(=N/C=C(\C)c1cccc2c1CCC2)c1ccc(OC(C)C)c(C=N)c1.CCNC.OO. The minimum absolute atomic E-state index is 0.0791. The molecule has 1 atom stereocenters. The summed E-state index contributed by atoms with van der Waals surface area (Å²) in [6, 6.07) is 12.7. The Morgan fingerprint density at radius 3 is 2.42 bits per heavy atom. The smallest absolute Gasteiger partial charge is 0.128 e. The first-order valence-electron chi connectivity index (χ1n) is 12.9. The van der Waals surface area contributed by atoms with Gasteiger partial charge in [-0.3, -0.25) is 15.5 Å². The van der Waals surface area contributed by atoms with Gasteiger partial charge in [0.05, 0.1) is 11.8 Å². The Morgan fingerprint density at radius 2 is 1.83 bits per heavy atom. The van der Waals surface area contributed by atoms with Crippen LogP contribution in [0.5, 0.6) is 5.75 Å². The number of allylic oxidation sites excluding steroid dienone is 1. The van der Waals surface area contributed by atoms with Gasteiger partial charge in [0.15, 0.2) is 0 Å². The molecule has 6 heteroatoms. The molecule has 0 heterocycles. The third-order valence-corrected chi connectivity index (χ3v) is 6.22. The maximum absolute atomic E-state index is 7.82. The summed E-state index contributed by atoms with van der Waals surface area (Å²) in [5, 5.41) is 22.7. The molecule has 0 aromatic heterocycles. The molecule has 6 nitrogen and oxygen atoms in total. The zero-order valence-corrected chi connectivity index (χ0v) is 23.1.